The van der Waals surface area contributed by atoms with Gasteiger partial charge < -0.3 is 9.68 Å². The Balaban J connectivity index is 2.32. The van der Waals surface area contributed by atoms with E-state index < -0.39 is 35.6 Å². The largest absolute Gasteiger partial charge is 0.628 e. The van der Waals surface area contributed by atoms with Gasteiger partial charge in [0.15, 0.2) is 0 Å². The fraction of sp³-hybridized carbons (Fsp3) is 0.308. The number of carbonyl (C=O) groups is 6. The molecule has 0 bridgehead atoms. The van der Waals surface area contributed by atoms with Gasteiger partial charge in [-0.25, -0.2) is 9.59 Å². The summed E-state index contributed by atoms with van der Waals surface area (Å²) in [5.41, 5.74) is 0. The van der Waals surface area contributed by atoms with Crippen LogP contribution in [0.1, 0.15) is 19.3 Å². The first-order valence-corrected chi connectivity index (χ1v) is 6.47. The average Bonchev–Trinajstić information content (AvgIpc) is 2.85. The Bertz CT molecular complexity index is 657. The van der Waals surface area contributed by atoms with E-state index in [0.29, 0.717) is 10.1 Å². The van der Waals surface area contributed by atoms with E-state index in [2.05, 4.69) is 21.1 Å². The second kappa shape index (κ2) is 8.18. The van der Waals surface area contributed by atoms with Gasteiger partial charge >= 0.3 is 17.8 Å². The first-order valence-electron chi connectivity index (χ1n) is 6.47. The van der Waals surface area contributed by atoms with E-state index in [9.17, 15) is 28.8 Å². The van der Waals surface area contributed by atoms with Crippen molar-refractivity contribution in [1.82, 2.24) is 10.1 Å². The lowest BCUT2D eigenvalue weighted by Crippen LogP contribution is -2.33. The molecular weight excluding hydrogens is 326 g/mol. The highest BCUT2D eigenvalue weighted by Gasteiger charge is 2.30. The van der Waals surface area contributed by atoms with Crippen molar-refractivity contribution in [2.45, 2.75) is 19.3 Å². The molecule has 0 aromatic carbocycles. The fourth-order valence-electron chi connectivity index (χ4n) is 1.43. The maximum Gasteiger partial charge on any atom is 0.628 e. The Kier molecular flexibility index (Phi) is 6.30. The topological polar surface area (TPSA) is 132 Å². The maximum absolute atomic E-state index is 11.6. The van der Waals surface area contributed by atoms with Crippen LogP contribution in [0.2, 0.25) is 0 Å². The van der Waals surface area contributed by atoms with Gasteiger partial charge in [-0.15, -0.1) is 0 Å². The lowest BCUT2D eigenvalue weighted by atomic mass is 10.2. The molecule has 1 aliphatic heterocycles. The molecule has 1 heterocycles. The Morgan fingerprint density at radius 3 is 2.29 bits per heavy atom. The van der Waals surface area contributed by atoms with E-state index in [1.807, 2.05) is 0 Å². The van der Waals surface area contributed by atoms with Gasteiger partial charge in [0.05, 0.1) is 0 Å². The third-order valence-electron chi connectivity index (χ3n) is 2.60. The quantitative estimate of drug-likeness (QED) is 0.352. The van der Waals surface area contributed by atoms with Gasteiger partial charge in [0.2, 0.25) is 0 Å². The normalized spacial score (nSPS) is 12.6. The van der Waals surface area contributed by atoms with Crippen molar-refractivity contribution in [3.63, 3.8) is 0 Å². The minimum Gasteiger partial charge on any atom is -0.330 e. The molecule has 0 aromatic heterocycles. The standard InChI is InChI=1S/C13H12N3O8/c1-14-12(21)13(22)24-15(2)8(17)4-3-5-11(20)23-16-9(18)6-7-10(16)19/h1,6-7H,3-5H2,2H3/q+1. The van der Waals surface area contributed by atoms with Gasteiger partial charge in [-0.3, -0.25) is 14.4 Å². The molecular formula is C13H12N3O8+. The average molecular weight is 338 g/mol. The summed E-state index contributed by atoms with van der Waals surface area (Å²) in [7, 11) is 1.08. The molecule has 0 radical (unpaired) electrons. The molecule has 0 saturated carbocycles. The Morgan fingerprint density at radius 2 is 1.75 bits per heavy atom. The Hall–Kier alpha value is -3.55. The van der Waals surface area contributed by atoms with Gasteiger partial charge in [0.25, 0.3) is 24.3 Å². The molecule has 1 aliphatic rings. The molecule has 11 heteroatoms. The van der Waals surface area contributed by atoms with Crippen molar-refractivity contribution in [3.05, 3.63) is 17.0 Å². The molecule has 0 unspecified atom stereocenters. The monoisotopic (exact) mass is 338 g/mol. The second-order valence-electron chi connectivity index (χ2n) is 4.33. The van der Waals surface area contributed by atoms with Crippen molar-refractivity contribution in [1.29, 1.82) is 0 Å². The predicted octanol–water partition coefficient (Wildman–Crippen LogP) is -1.05. The summed E-state index contributed by atoms with van der Waals surface area (Å²) in [6.07, 6.45) is 1.36. The van der Waals surface area contributed by atoms with Gasteiger partial charge in [0.1, 0.15) is 0 Å². The summed E-state index contributed by atoms with van der Waals surface area (Å²) in [6.45, 7) is 4.59. The Labute approximate surface area is 135 Å². The van der Waals surface area contributed by atoms with Gasteiger partial charge in [-0.1, -0.05) is 5.06 Å². The molecule has 0 N–H and O–H groups in total. The SMILES string of the molecule is C#[N+]C(=O)C(=O)ON(C)C(=O)CCCC(=O)ON1C(=O)C=CC1=O. The van der Waals surface area contributed by atoms with E-state index in [1.54, 1.807) is 0 Å². The van der Waals surface area contributed by atoms with Crippen LogP contribution >= 0.6 is 0 Å². The van der Waals surface area contributed by atoms with Gasteiger partial charge in [-0.05, 0) is 6.42 Å². The Morgan fingerprint density at radius 1 is 1.17 bits per heavy atom. The van der Waals surface area contributed by atoms with E-state index in [0.717, 1.165) is 19.2 Å². The molecule has 0 aliphatic carbocycles. The molecule has 126 valence electrons. The lowest BCUT2D eigenvalue weighted by Gasteiger charge is -2.14. The molecule has 24 heavy (non-hydrogen) atoms. The number of imide groups is 1. The summed E-state index contributed by atoms with van der Waals surface area (Å²) in [5.74, 6) is -5.99. The third-order valence-corrected chi connectivity index (χ3v) is 2.60. The molecule has 4 amide bonds. The van der Waals surface area contributed by atoms with Crippen molar-refractivity contribution < 1.29 is 38.4 Å². The summed E-state index contributed by atoms with van der Waals surface area (Å²) in [6, 6.07) is 0. The van der Waals surface area contributed by atoms with E-state index in [-0.39, 0.29) is 19.3 Å². The number of nitrogens with zero attached hydrogens (tertiary/aromatic N) is 3. The minimum atomic E-state index is -1.44. The maximum atomic E-state index is 11.6. The van der Waals surface area contributed by atoms with Crippen LogP contribution in [-0.4, -0.2) is 52.7 Å². The molecule has 11 nitrogen and oxygen atoms in total. The van der Waals surface area contributed by atoms with Crippen molar-refractivity contribution >= 4 is 35.6 Å². The smallest absolute Gasteiger partial charge is 0.330 e. The molecule has 0 atom stereocenters. The van der Waals surface area contributed by atoms with Crippen LogP contribution in [-0.2, 0) is 38.4 Å². The lowest BCUT2D eigenvalue weighted by molar-refractivity contribution is -0.196. The summed E-state index contributed by atoms with van der Waals surface area (Å²) < 4.78 is 0. The number of rotatable bonds is 5. The van der Waals surface area contributed by atoms with Crippen LogP contribution in [0.25, 0.3) is 4.85 Å². The second-order valence-corrected chi connectivity index (χ2v) is 4.33. The number of amides is 4. The van der Waals surface area contributed by atoms with Crippen LogP contribution in [0.15, 0.2) is 12.2 Å². The zero-order valence-electron chi connectivity index (χ0n) is 12.5. The molecule has 0 fully saturated rings. The van der Waals surface area contributed by atoms with Gasteiger partial charge in [0, 0.05) is 36.9 Å². The van der Waals surface area contributed by atoms with Crippen LogP contribution in [0.4, 0.5) is 0 Å². The highest BCUT2D eigenvalue weighted by atomic mass is 16.7. The van der Waals surface area contributed by atoms with E-state index in [1.165, 1.54) is 0 Å². The summed E-state index contributed by atoms with van der Waals surface area (Å²) >= 11 is 0. The van der Waals surface area contributed by atoms with E-state index in [4.69, 9.17) is 0 Å². The highest BCUT2D eigenvalue weighted by molar-refractivity contribution is 6.36. The molecule has 0 spiro atoms. The van der Waals surface area contributed by atoms with Crippen molar-refractivity contribution in [3.8, 4) is 6.57 Å². The first kappa shape index (κ1) is 18.5. The van der Waals surface area contributed by atoms with Crippen molar-refractivity contribution in [2.24, 2.45) is 0 Å². The van der Waals surface area contributed by atoms with E-state index >= 15 is 0 Å². The van der Waals surface area contributed by atoms with Crippen LogP contribution in [0, 0.1) is 6.57 Å². The van der Waals surface area contributed by atoms with Gasteiger partial charge in [-0.2, -0.15) is 9.86 Å². The molecule has 0 saturated heterocycles. The molecule has 0 aromatic rings. The zero-order valence-corrected chi connectivity index (χ0v) is 12.5. The van der Waals surface area contributed by atoms with Crippen LogP contribution in [0.5, 0.6) is 0 Å². The number of hydrogen-bond donors (Lipinski definition) is 0. The first-order chi connectivity index (χ1) is 11.3. The third kappa shape index (κ3) is 5.02. The van der Waals surface area contributed by atoms with Crippen LogP contribution < -0.4 is 0 Å². The number of carbonyl (C=O) groups excluding carboxylic acids is 6. The van der Waals surface area contributed by atoms with Crippen molar-refractivity contribution in [2.75, 3.05) is 7.05 Å². The predicted molar refractivity (Wildman–Crippen MR) is 73.1 cm³/mol. The summed E-state index contributed by atoms with van der Waals surface area (Å²) in [5, 5.41) is 0.786. The molecule has 1 rings (SSSR count). The number of hydrogen-bond acceptors (Lipinski definition) is 8. The van der Waals surface area contributed by atoms with Crippen LogP contribution in [0.3, 0.4) is 0 Å². The number of hydroxylamine groups is 4. The zero-order chi connectivity index (χ0) is 18.3. The minimum absolute atomic E-state index is 0.0155. The highest BCUT2D eigenvalue weighted by Crippen LogP contribution is 2.08. The fourth-order valence-corrected chi connectivity index (χ4v) is 1.43. The summed E-state index contributed by atoms with van der Waals surface area (Å²) in [4.78, 5) is 78.7.